The lowest BCUT2D eigenvalue weighted by Crippen LogP contribution is -2.32. The second-order valence-electron chi connectivity index (χ2n) is 5.21. The Balaban J connectivity index is 2.05. The molecule has 0 atom stereocenters. The van der Waals surface area contributed by atoms with Gasteiger partial charge in [0.05, 0.1) is 0 Å². The molecule has 1 aliphatic heterocycles. The number of hydrogen-bond acceptors (Lipinski definition) is 3. The highest BCUT2D eigenvalue weighted by molar-refractivity contribution is 9.10. The summed E-state index contributed by atoms with van der Waals surface area (Å²) in [6, 6.07) is 6.31. The second-order valence-corrected chi connectivity index (χ2v) is 7.02. The van der Waals surface area contributed by atoms with E-state index in [0.29, 0.717) is 5.41 Å². The fraction of sp³-hybridized carbons (Fsp3) is 0.533. The van der Waals surface area contributed by atoms with Crippen LogP contribution in [0.1, 0.15) is 32.3 Å². The molecule has 4 heteroatoms. The van der Waals surface area contributed by atoms with Crippen LogP contribution in [0.25, 0.3) is 0 Å². The molecule has 19 heavy (non-hydrogen) atoms. The van der Waals surface area contributed by atoms with E-state index >= 15 is 0 Å². The Morgan fingerprint density at radius 2 is 2.11 bits per heavy atom. The number of nitrogens with zero attached hydrogens (tertiary/aromatic N) is 1. The maximum absolute atomic E-state index is 4.73. The monoisotopic (exact) mass is 340 g/mol. The van der Waals surface area contributed by atoms with Crippen molar-refractivity contribution in [1.29, 1.82) is 0 Å². The normalized spacial score (nSPS) is 18.0. The van der Waals surface area contributed by atoms with Crippen molar-refractivity contribution in [2.45, 2.75) is 33.6 Å². The zero-order valence-corrected chi connectivity index (χ0v) is 14.2. The first-order chi connectivity index (χ1) is 9.08. The maximum Gasteiger partial charge on any atom is 0.161 e. The summed E-state index contributed by atoms with van der Waals surface area (Å²) in [6.07, 6.45) is 2.43. The molecule has 0 radical (unpaired) electrons. The molecule has 0 aromatic heterocycles. The molecule has 2 rings (SSSR count). The molecular weight excluding hydrogens is 320 g/mol. The molecule has 104 valence electrons. The lowest BCUT2D eigenvalue weighted by atomic mass is 9.84. The number of thioether (sulfide) groups is 1. The van der Waals surface area contributed by atoms with E-state index in [2.05, 4.69) is 60.2 Å². The third-order valence-corrected chi connectivity index (χ3v) is 6.13. The van der Waals surface area contributed by atoms with E-state index in [1.807, 2.05) is 11.8 Å². The van der Waals surface area contributed by atoms with Gasteiger partial charge in [0.2, 0.25) is 0 Å². The Bertz CT molecular complexity index is 481. The number of aryl methyl sites for hydroxylation is 1. The first-order valence-electron chi connectivity index (χ1n) is 6.79. The minimum absolute atomic E-state index is 0.408. The summed E-state index contributed by atoms with van der Waals surface area (Å²) >= 11 is 5.38. The van der Waals surface area contributed by atoms with Crippen LogP contribution in [-0.2, 0) is 0 Å². The molecule has 0 saturated heterocycles. The summed E-state index contributed by atoms with van der Waals surface area (Å²) in [4.78, 5) is 4.73. The van der Waals surface area contributed by atoms with E-state index in [-0.39, 0.29) is 0 Å². The minimum Gasteiger partial charge on any atom is -0.335 e. The Labute approximate surface area is 128 Å². The molecule has 0 spiro atoms. The molecule has 1 aromatic rings. The van der Waals surface area contributed by atoms with Gasteiger partial charge in [-0.3, -0.25) is 4.99 Å². The highest BCUT2D eigenvalue weighted by Crippen LogP contribution is 2.35. The van der Waals surface area contributed by atoms with Crippen molar-refractivity contribution >= 4 is 38.5 Å². The summed E-state index contributed by atoms with van der Waals surface area (Å²) in [5, 5.41) is 4.48. The van der Waals surface area contributed by atoms with Gasteiger partial charge < -0.3 is 5.32 Å². The number of halogens is 1. The molecule has 2 nitrogen and oxygen atoms in total. The fourth-order valence-corrected chi connectivity index (χ4v) is 3.69. The predicted octanol–water partition coefficient (Wildman–Crippen LogP) is 5.08. The number of rotatable bonds is 3. The molecule has 1 N–H and O–H groups in total. The zero-order chi connectivity index (χ0) is 13.9. The van der Waals surface area contributed by atoms with Crippen LogP contribution in [0.2, 0.25) is 0 Å². The average Bonchev–Trinajstić information content (AvgIpc) is 2.44. The smallest absolute Gasteiger partial charge is 0.161 e. The Kier molecular flexibility index (Phi) is 4.96. The van der Waals surface area contributed by atoms with Gasteiger partial charge in [0.1, 0.15) is 0 Å². The summed E-state index contributed by atoms with van der Waals surface area (Å²) in [5.74, 6) is 1.17. The topological polar surface area (TPSA) is 24.4 Å². The standard InChI is InChI=1S/C15H21BrN2S/c1-4-15(5-2)9-17-14(19-10-15)18-12-6-7-13(16)11(3)8-12/h6-8H,4-5,9-10H2,1-3H3,(H,17,18). The highest BCUT2D eigenvalue weighted by atomic mass is 79.9. The molecule has 0 amide bonds. The summed E-state index contributed by atoms with van der Waals surface area (Å²) in [7, 11) is 0. The number of amidine groups is 1. The molecule has 0 fully saturated rings. The minimum atomic E-state index is 0.408. The molecule has 0 unspecified atom stereocenters. The van der Waals surface area contributed by atoms with Gasteiger partial charge in [0.15, 0.2) is 5.17 Å². The summed E-state index contributed by atoms with van der Waals surface area (Å²) in [5.41, 5.74) is 2.76. The Morgan fingerprint density at radius 1 is 1.37 bits per heavy atom. The van der Waals surface area contributed by atoms with E-state index in [0.717, 1.165) is 21.9 Å². The Morgan fingerprint density at radius 3 is 2.63 bits per heavy atom. The van der Waals surface area contributed by atoms with Crippen molar-refractivity contribution in [2.24, 2.45) is 10.4 Å². The predicted molar refractivity (Wildman–Crippen MR) is 90.3 cm³/mol. The molecule has 1 aliphatic rings. The SMILES string of the molecule is CCC1(CC)CN=C(Nc2ccc(Br)c(C)c2)SC1. The van der Waals surface area contributed by atoms with Crippen molar-refractivity contribution in [3.8, 4) is 0 Å². The number of nitrogens with one attached hydrogen (secondary N) is 1. The second kappa shape index (κ2) is 6.31. The average molecular weight is 341 g/mol. The van der Waals surface area contributed by atoms with Crippen molar-refractivity contribution in [3.05, 3.63) is 28.2 Å². The van der Waals surface area contributed by atoms with Gasteiger partial charge in [0, 0.05) is 22.5 Å². The Hall–Kier alpha value is -0.480. The van der Waals surface area contributed by atoms with Crippen LogP contribution < -0.4 is 5.32 Å². The van der Waals surface area contributed by atoms with Gasteiger partial charge in [-0.25, -0.2) is 0 Å². The zero-order valence-electron chi connectivity index (χ0n) is 11.8. The van der Waals surface area contributed by atoms with Crippen LogP contribution >= 0.6 is 27.7 Å². The van der Waals surface area contributed by atoms with Gasteiger partial charge in [-0.05, 0) is 48.9 Å². The summed E-state index contributed by atoms with van der Waals surface area (Å²) < 4.78 is 1.15. The lowest BCUT2D eigenvalue weighted by molar-refractivity contribution is 0.318. The van der Waals surface area contributed by atoms with Crippen LogP contribution in [0.15, 0.2) is 27.7 Å². The number of anilines is 1. The first kappa shape index (κ1) is 14.9. The quantitative estimate of drug-likeness (QED) is 0.829. The van der Waals surface area contributed by atoms with Crippen LogP contribution in [0, 0.1) is 12.3 Å². The van der Waals surface area contributed by atoms with Gasteiger partial charge in [0.25, 0.3) is 0 Å². The maximum atomic E-state index is 4.73. The lowest BCUT2D eigenvalue weighted by Gasteiger charge is -2.33. The fourth-order valence-electron chi connectivity index (χ4n) is 2.15. The van der Waals surface area contributed by atoms with Crippen LogP contribution in [0.5, 0.6) is 0 Å². The van der Waals surface area contributed by atoms with Crippen molar-refractivity contribution in [2.75, 3.05) is 17.6 Å². The van der Waals surface area contributed by atoms with Crippen molar-refractivity contribution in [1.82, 2.24) is 0 Å². The van der Waals surface area contributed by atoms with E-state index < -0.39 is 0 Å². The van der Waals surface area contributed by atoms with Gasteiger partial charge in [-0.2, -0.15) is 0 Å². The first-order valence-corrected chi connectivity index (χ1v) is 8.57. The van der Waals surface area contributed by atoms with E-state index in [1.54, 1.807) is 0 Å². The number of aliphatic imine (C=N–C) groups is 1. The third-order valence-electron chi connectivity index (χ3n) is 3.98. The van der Waals surface area contributed by atoms with Gasteiger partial charge >= 0.3 is 0 Å². The van der Waals surface area contributed by atoms with Crippen LogP contribution in [0.3, 0.4) is 0 Å². The molecule has 0 saturated carbocycles. The van der Waals surface area contributed by atoms with Gasteiger partial charge in [-0.1, -0.05) is 41.5 Å². The summed E-state index contributed by atoms with van der Waals surface area (Å²) in [6.45, 7) is 7.60. The molecule has 1 aromatic carbocycles. The van der Waals surface area contributed by atoms with Crippen LogP contribution in [0.4, 0.5) is 5.69 Å². The number of hydrogen-bond donors (Lipinski definition) is 1. The van der Waals surface area contributed by atoms with E-state index in [9.17, 15) is 0 Å². The third kappa shape index (κ3) is 3.54. The molecule has 0 bridgehead atoms. The number of benzene rings is 1. The largest absolute Gasteiger partial charge is 0.335 e. The molecular formula is C15H21BrN2S. The molecule has 1 heterocycles. The van der Waals surface area contributed by atoms with Crippen LogP contribution in [-0.4, -0.2) is 17.5 Å². The van der Waals surface area contributed by atoms with E-state index in [4.69, 9.17) is 4.99 Å². The van der Waals surface area contributed by atoms with Crippen molar-refractivity contribution in [3.63, 3.8) is 0 Å². The van der Waals surface area contributed by atoms with E-state index in [1.165, 1.54) is 24.2 Å². The molecule has 0 aliphatic carbocycles. The highest BCUT2D eigenvalue weighted by Gasteiger charge is 2.30. The van der Waals surface area contributed by atoms with Crippen molar-refractivity contribution < 1.29 is 0 Å². The van der Waals surface area contributed by atoms with Gasteiger partial charge in [-0.15, -0.1) is 0 Å².